The van der Waals surface area contributed by atoms with E-state index in [2.05, 4.69) is 4.98 Å². The normalized spacial score (nSPS) is 29.1. The highest BCUT2D eigenvalue weighted by molar-refractivity contribution is 7.84. The molecule has 0 saturated heterocycles. The quantitative estimate of drug-likeness (QED) is 0.253. The van der Waals surface area contributed by atoms with Gasteiger partial charge in [-0.05, 0) is 104 Å². The maximum absolute atomic E-state index is 14.9. The van der Waals surface area contributed by atoms with E-state index in [4.69, 9.17) is 4.74 Å². The van der Waals surface area contributed by atoms with Crippen LogP contribution < -0.4 is 4.74 Å². The summed E-state index contributed by atoms with van der Waals surface area (Å²) in [4.78, 5) is 31.9. The summed E-state index contributed by atoms with van der Waals surface area (Å²) in [7, 11) is -1.57. The number of pyridine rings is 1. The van der Waals surface area contributed by atoms with E-state index in [1.54, 1.807) is 17.2 Å². The van der Waals surface area contributed by atoms with Crippen LogP contribution in [0.25, 0.3) is 0 Å². The smallest absolute Gasteiger partial charge is 0.410 e. The van der Waals surface area contributed by atoms with Crippen molar-refractivity contribution in [1.82, 2.24) is 9.88 Å². The highest BCUT2D eigenvalue weighted by atomic mass is 32.2. The van der Waals surface area contributed by atoms with Crippen molar-refractivity contribution in [2.24, 2.45) is 23.2 Å². The number of alkyl halides is 6. The molecule has 0 N–H and O–H groups in total. The Morgan fingerprint density at radius 1 is 1.11 bits per heavy atom. The summed E-state index contributed by atoms with van der Waals surface area (Å²) < 4.78 is 97.3. The second-order valence-corrected chi connectivity index (χ2v) is 15.5. The molecular formula is C34H38F6N2O4S. The summed E-state index contributed by atoms with van der Waals surface area (Å²) in [5.74, 6) is -4.99. The number of ketones is 1. The Morgan fingerprint density at radius 2 is 1.87 bits per heavy atom. The average molecular weight is 685 g/mol. The van der Waals surface area contributed by atoms with Crippen molar-refractivity contribution in [2.75, 3.05) is 11.5 Å². The average Bonchev–Trinajstić information content (AvgIpc) is 3.55. The van der Waals surface area contributed by atoms with Gasteiger partial charge in [0.05, 0.1) is 18.8 Å². The summed E-state index contributed by atoms with van der Waals surface area (Å²) in [6, 6.07) is 9.34. The largest absolute Gasteiger partial charge is 0.453 e. The molecule has 2 heterocycles. The van der Waals surface area contributed by atoms with Gasteiger partial charge in [-0.1, -0.05) is 19.1 Å². The minimum atomic E-state index is -5.63. The van der Waals surface area contributed by atoms with Crippen LogP contribution in [-0.2, 0) is 35.1 Å². The molecule has 2 fully saturated rings. The van der Waals surface area contributed by atoms with Crippen LogP contribution in [0.15, 0.2) is 36.5 Å². The maximum atomic E-state index is 14.9. The number of hydrogen-bond donors (Lipinski definition) is 0. The lowest BCUT2D eigenvalue weighted by atomic mass is 9.52. The summed E-state index contributed by atoms with van der Waals surface area (Å²) in [6.07, 6.45) is -4.86. The van der Waals surface area contributed by atoms with Gasteiger partial charge in [0.1, 0.15) is 5.75 Å². The van der Waals surface area contributed by atoms with E-state index in [1.807, 2.05) is 31.2 Å². The van der Waals surface area contributed by atoms with Crippen LogP contribution in [0.5, 0.6) is 5.75 Å². The molecule has 6 nitrogen and oxygen atoms in total. The van der Waals surface area contributed by atoms with E-state index >= 15 is 0 Å². The lowest BCUT2D eigenvalue weighted by Crippen LogP contribution is -2.46. The van der Waals surface area contributed by atoms with E-state index in [9.17, 15) is 40.1 Å². The molecule has 3 aliphatic carbocycles. The predicted molar refractivity (Wildman–Crippen MR) is 162 cm³/mol. The number of Topliss-reactive ketones (excluding diaryl/α,β-unsaturated/α-hetero) is 1. The van der Waals surface area contributed by atoms with Crippen LogP contribution in [0, 0.1) is 23.2 Å². The van der Waals surface area contributed by atoms with E-state index < -0.39 is 53.4 Å². The Morgan fingerprint density at radius 3 is 2.62 bits per heavy atom. The Balaban J connectivity index is 1.15. The molecule has 47 heavy (non-hydrogen) atoms. The molecule has 7 atom stereocenters. The summed E-state index contributed by atoms with van der Waals surface area (Å²) >= 11 is 0. The molecule has 6 rings (SSSR count). The van der Waals surface area contributed by atoms with Gasteiger partial charge in [0.15, 0.2) is 12.0 Å². The van der Waals surface area contributed by atoms with Gasteiger partial charge >= 0.3 is 18.2 Å². The topological polar surface area (TPSA) is 76.6 Å². The fourth-order valence-electron chi connectivity index (χ4n) is 8.57. The van der Waals surface area contributed by atoms with Gasteiger partial charge in [-0.25, -0.2) is 9.18 Å². The number of hydrogen-bond acceptors (Lipinski definition) is 5. The highest BCUT2D eigenvalue weighted by Gasteiger charge is 2.60. The molecule has 13 heteroatoms. The first kappa shape index (κ1) is 33.9. The van der Waals surface area contributed by atoms with Gasteiger partial charge in [-0.15, -0.1) is 0 Å². The molecule has 256 valence electrons. The van der Waals surface area contributed by atoms with Crippen molar-refractivity contribution in [3.05, 3.63) is 58.9 Å². The number of rotatable bonds is 9. The Hall–Kier alpha value is -2.96. The summed E-state index contributed by atoms with van der Waals surface area (Å²) in [6.45, 7) is 2.62. The van der Waals surface area contributed by atoms with Crippen LogP contribution in [0.3, 0.4) is 0 Å². The molecule has 0 bridgehead atoms. The third-order valence-electron chi connectivity index (χ3n) is 10.9. The van der Waals surface area contributed by atoms with Gasteiger partial charge in [-0.2, -0.15) is 22.0 Å². The zero-order valence-electron chi connectivity index (χ0n) is 26.0. The highest BCUT2D eigenvalue weighted by Crippen LogP contribution is 2.62. The number of benzene rings is 1. The lowest BCUT2D eigenvalue weighted by molar-refractivity contribution is -0.284. The third-order valence-corrected chi connectivity index (χ3v) is 12.4. The molecule has 1 aliphatic heterocycles. The first-order valence-electron chi connectivity index (χ1n) is 16.2. The van der Waals surface area contributed by atoms with Crippen molar-refractivity contribution < 1.29 is 44.9 Å². The van der Waals surface area contributed by atoms with Crippen LogP contribution in [0.2, 0.25) is 0 Å². The van der Waals surface area contributed by atoms with Crippen molar-refractivity contribution >= 4 is 22.7 Å². The number of amides is 1. The summed E-state index contributed by atoms with van der Waals surface area (Å²) in [5, 5.41) is 0. The molecule has 1 aromatic carbocycles. The molecule has 2 saturated carbocycles. The minimum absolute atomic E-state index is 0.00568. The fraction of sp³-hybridized carbons (Fsp3) is 0.618. The second-order valence-electron chi connectivity index (χ2n) is 13.8. The second kappa shape index (κ2) is 12.8. The van der Waals surface area contributed by atoms with Gasteiger partial charge < -0.3 is 4.74 Å². The Bertz CT molecular complexity index is 1530. The van der Waals surface area contributed by atoms with Crippen molar-refractivity contribution in [1.29, 1.82) is 0 Å². The molecular weight excluding hydrogens is 646 g/mol. The lowest BCUT2D eigenvalue weighted by Gasteiger charge is -2.51. The zero-order chi connectivity index (χ0) is 33.7. The van der Waals surface area contributed by atoms with E-state index in [1.165, 1.54) is 0 Å². The number of ether oxygens (including phenoxy) is 1. The SMILES string of the molecule is C[C@]12CC[C@@H]3c4ccc(OC(=O)N5Cc6cccnc6C5)cc4C[C@@H](CCCS(=O)CCCC(F)(F)C(F)(F)F)[C@H]3[C@@H]1CC(F)C2=O. The van der Waals surface area contributed by atoms with Gasteiger partial charge in [0, 0.05) is 40.3 Å². The molecule has 0 radical (unpaired) electrons. The number of aromatic nitrogens is 1. The molecule has 2 unspecified atom stereocenters. The standard InChI is InChI=1S/C34H38F6N2O4S/c1-32-11-9-25-24-8-7-23(46-31(44)42-18-21-5-2-12-41-28(21)19-42)16-22(24)15-20(29(25)26(32)17-27(35)30(32)43)6-3-13-47(45)14-4-10-33(36,37)34(38,39)40/h2,5,7-8,12,16,20,25-27,29H,3-4,6,9-11,13-15,17-19H2,1H3/t20-,25-,26+,27?,29-,32+,47?/m1/s1. The van der Waals surface area contributed by atoms with Crippen LogP contribution in [-0.4, -0.2) is 55.7 Å². The minimum Gasteiger partial charge on any atom is -0.410 e. The van der Waals surface area contributed by atoms with Crippen molar-refractivity contribution in [2.45, 2.75) is 95.6 Å². The van der Waals surface area contributed by atoms with Crippen LogP contribution >= 0.6 is 0 Å². The molecule has 1 aromatic heterocycles. The number of nitrogens with zero attached hydrogens (tertiary/aromatic N) is 2. The number of carbonyl (C=O) groups excluding carboxylic acids is 2. The monoisotopic (exact) mass is 684 g/mol. The van der Waals surface area contributed by atoms with Crippen LogP contribution in [0.4, 0.5) is 31.1 Å². The van der Waals surface area contributed by atoms with Crippen molar-refractivity contribution in [3.8, 4) is 5.75 Å². The number of halogens is 6. The van der Waals surface area contributed by atoms with Gasteiger partial charge in [-0.3, -0.25) is 18.9 Å². The van der Waals surface area contributed by atoms with E-state index in [0.717, 1.165) is 22.4 Å². The van der Waals surface area contributed by atoms with E-state index in [0.29, 0.717) is 50.9 Å². The zero-order valence-corrected chi connectivity index (χ0v) is 26.9. The van der Waals surface area contributed by atoms with E-state index in [-0.39, 0.29) is 47.4 Å². The first-order valence-corrected chi connectivity index (χ1v) is 17.7. The molecule has 1 amide bonds. The molecule has 0 spiro atoms. The van der Waals surface area contributed by atoms with Crippen LogP contribution in [0.1, 0.15) is 80.2 Å². The van der Waals surface area contributed by atoms with Crippen molar-refractivity contribution in [3.63, 3.8) is 0 Å². The van der Waals surface area contributed by atoms with Gasteiger partial charge in [0.2, 0.25) is 0 Å². The Kier molecular flexibility index (Phi) is 9.25. The van der Waals surface area contributed by atoms with Gasteiger partial charge in [0.25, 0.3) is 0 Å². The predicted octanol–water partition coefficient (Wildman–Crippen LogP) is 7.70. The molecule has 4 aliphatic rings. The third kappa shape index (κ3) is 6.57. The first-order chi connectivity index (χ1) is 22.2. The maximum Gasteiger partial charge on any atom is 0.453 e. The summed E-state index contributed by atoms with van der Waals surface area (Å²) in [5.41, 5.74) is 3.12. The number of carbonyl (C=O) groups is 2. The fourth-order valence-corrected chi connectivity index (χ4v) is 9.73. The molecule has 2 aromatic rings. The number of fused-ring (bicyclic) bond motifs is 6. The Labute approximate surface area is 272 Å².